The van der Waals surface area contributed by atoms with E-state index in [-0.39, 0.29) is 11.5 Å². The highest BCUT2D eigenvalue weighted by Crippen LogP contribution is 2.24. The first-order valence-electron chi connectivity index (χ1n) is 6.77. The maximum absolute atomic E-state index is 12.0. The second-order valence-corrected chi connectivity index (χ2v) is 5.90. The van der Waals surface area contributed by atoms with E-state index in [0.717, 1.165) is 19.3 Å². The molecular formula is C13H23N3O2S. The predicted octanol–water partition coefficient (Wildman–Crippen LogP) is 0.673. The zero-order chi connectivity index (χ0) is 14.4. The van der Waals surface area contributed by atoms with Crippen LogP contribution < -0.4 is 11.1 Å². The molecule has 1 fully saturated rings. The maximum atomic E-state index is 12.0. The van der Waals surface area contributed by atoms with E-state index in [1.54, 1.807) is 4.90 Å². The Labute approximate surface area is 119 Å². The average molecular weight is 285 g/mol. The molecule has 0 bridgehead atoms. The summed E-state index contributed by atoms with van der Waals surface area (Å²) in [6, 6.07) is 0. The number of nitrogens with two attached hydrogens (primary N) is 1. The lowest BCUT2D eigenvalue weighted by atomic mass is 9.89. The summed E-state index contributed by atoms with van der Waals surface area (Å²) in [4.78, 5) is 25.4. The van der Waals surface area contributed by atoms with Crippen LogP contribution in [0.15, 0.2) is 0 Å². The van der Waals surface area contributed by atoms with Gasteiger partial charge in [-0.1, -0.05) is 26.1 Å². The molecule has 0 aromatic heterocycles. The van der Waals surface area contributed by atoms with E-state index >= 15 is 0 Å². The van der Waals surface area contributed by atoms with Gasteiger partial charge < -0.3 is 16.0 Å². The van der Waals surface area contributed by atoms with E-state index in [1.807, 2.05) is 0 Å². The summed E-state index contributed by atoms with van der Waals surface area (Å²) in [6.07, 6.45) is 3.04. The van der Waals surface area contributed by atoms with Crippen molar-refractivity contribution in [1.82, 2.24) is 10.2 Å². The zero-order valence-electron chi connectivity index (χ0n) is 11.6. The summed E-state index contributed by atoms with van der Waals surface area (Å²) in [5.41, 5.74) is 5.29. The monoisotopic (exact) mass is 285 g/mol. The minimum Gasteiger partial charge on any atom is -0.392 e. The van der Waals surface area contributed by atoms with Crippen LogP contribution in [0.3, 0.4) is 0 Å². The van der Waals surface area contributed by atoms with E-state index in [1.165, 1.54) is 0 Å². The van der Waals surface area contributed by atoms with Gasteiger partial charge in [-0.15, -0.1) is 0 Å². The molecule has 6 heteroatoms. The molecule has 2 amide bonds. The van der Waals surface area contributed by atoms with Gasteiger partial charge in [0, 0.05) is 13.1 Å². The normalized spacial score (nSPS) is 19.9. The quantitative estimate of drug-likeness (QED) is 0.590. The van der Waals surface area contributed by atoms with E-state index in [0.29, 0.717) is 24.9 Å². The van der Waals surface area contributed by atoms with Gasteiger partial charge in [0.15, 0.2) is 0 Å². The van der Waals surface area contributed by atoms with E-state index in [9.17, 15) is 9.59 Å². The molecule has 1 saturated heterocycles. The molecule has 1 aliphatic heterocycles. The summed E-state index contributed by atoms with van der Waals surface area (Å²) in [7, 11) is 0. The molecule has 0 aromatic carbocycles. The largest absolute Gasteiger partial charge is 0.392 e. The Morgan fingerprint density at radius 1 is 1.37 bits per heavy atom. The Morgan fingerprint density at radius 3 is 2.63 bits per heavy atom. The van der Waals surface area contributed by atoms with E-state index in [2.05, 4.69) is 31.4 Å². The van der Waals surface area contributed by atoms with Crippen LogP contribution >= 0.6 is 12.2 Å². The molecule has 5 nitrogen and oxygen atoms in total. The highest BCUT2D eigenvalue weighted by Gasteiger charge is 2.26. The van der Waals surface area contributed by atoms with Gasteiger partial charge in [0.2, 0.25) is 0 Å². The predicted molar refractivity (Wildman–Crippen MR) is 78.6 cm³/mol. The van der Waals surface area contributed by atoms with Crippen molar-refractivity contribution in [2.45, 2.75) is 33.1 Å². The topological polar surface area (TPSA) is 75.4 Å². The summed E-state index contributed by atoms with van der Waals surface area (Å²) < 4.78 is 0. The molecule has 3 N–H and O–H groups in total. The van der Waals surface area contributed by atoms with Crippen molar-refractivity contribution in [3.8, 4) is 0 Å². The number of likely N-dealkylation sites (tertiary alicyclic amines) is 1. The third kappa shape index (κ3) is 5.14. The smallest absolute Gasteiger partial charge is 0.311 e. The van der Waals surface area contributed by atoms with Gasteiger partial charge >= 0.3 is 11.8 Å². The van der Waals surface area contributed by atoms with E-state index in [4.69, 9.17) is 5.73 Å². The van der Waals surface area contributed by atoms with Crippen LogP contribution in [0.5, 0.6) is 0 Å². The molecule has 1 rings (SSSR count). The average Bonchev–Trinajstić information content (AvgIpc) is 2.60. The molecule has 1 heterocycles. The SMILES string of the molecule is CC(C)C1CCCN(C(=O)C(=O)NCC(N)=S)CC1. The summed E-state index contributed by atoms with van der Waals surface area (Å²) in [5, 5.41) is 2.44. The lowest BCUT2D eigenvalue weighted by Gasteiger charge is -2.21. The number of thiocarbonyl (C=S) groups is 1. The minimum absolute atomic E-state index is 0.0718. The third-order valence-corrected chi connectivity index (χ3v) is 3.76. The first-order chi connectivity index (χ1) is 8.91. The van der Waals surface area contributed by atoms with Crippen molar-refractivity contribution in [3.05, 3.63) is 0 Å². The summed E-state index contributed by atoms with van der Waals surface area (Å²) in [5.74, 6) is 0.174. The fourth-order valence-electron chi connectivity index (χ4n) is 2.38. The third-order valence-electron chi connectivity index (χ3n) is 3.62. The molecule has 0 radical (unpaired) electrons. The van der Waals surface area contributed by atoms with Gasteiger partial charge in [-0.25, -0.2) is 0 Å². The van der Waals surface area contributed by atoms with Gasteiger partial charge in [0.1, 0.15) is 0 Å². The maximum Gasteiger partial charge on any atom is 0.311 e. The van der Waals surface area contributed by atoms with Gasteiger partial charge in [-0.2, -0.15) is 0 Å². The summed E-state index contributed by atoms with van der Waals surface area (Å²) >= 11 is 4.66. The lowest BCUT2D eigenvalue weighted by molar-refractivity contribution is -0.145. The van der Waals surface area contributed by atoms with Crippen LogP contribution in [0.25, 0.3) is 0 Å². The molecule has 19 heavy (non-hydrogen) atoms. The van der Waals surface area contributed by atoms with Crippen LogP contribution in [0.4, 0.5) is 0 Å². The standard InChI is InChI=1S/C13H23N3O2S/c1-9(2)10-4-3-6-16(7-5-10)13(18)12(17)15-8-11(14)19/h9-10H,3-8H2,1-2H3,(H2,14,19)(H,15,17). The van der Waals surface area contributed by atoms with Gasteiger partial charge in [-0.3, -0.25) is 9.59 Å². The van der Waals surface area contributed by atoms with Crippen molar-refractivity contribution >= 4 is 29.0 Å². The van der Waals surface area contributed by atoms with Crippen LogP contribution in [0.1, 0.15) is 33.1 Å². The van der Waals surface area contributed by atoms with Crippen LogP contribution in [-0.4, -0.2) is 41.3 Å². The van der Waals surface area contributed by atoms with Crippen molar-refractivity contribution in [2.75, 3.05) is 19.6 Å². The van der Waals surface area contributed by atoms with Gasteiger partial charge in [0.05, 0.1) is 11.5 Å². The first kappa shape index (κ1) is 15.9. The number of nitrogens with one attached hydrogen (secondary N) is 1. The molecule has 1 unspecified atom stereocenters. The fourth-order valence-corrected chi connectivity index (χ4v) is 2.45. The fraction of sp³-hybridized carbons (Fsp3) is 0.769. The van der Waals surface area contributed by atoms with Crippen molar-refractivity contribution in [3.63, 3.8) is 0 Å². The molecule has 0 spiro atoms. The Balaban J connectivity index is 2.48. The number of amides is 2. The number of hydrogen-bond acceptors (Lipinski definition) is 3. The highest BCUT2D eigenvalue weighted by molar-refractivity contribution is 7.80. The lowest BCUT2D eigenvalue weighted by Crippen LogP contribution is -2.45. The molecule has 1 aliphatic rings. The zero-order valence-corrected chi connectivity index (χ0v) is 12.5. The Hall–Kier alpha value is -1.17. The highest BCUT2D eigenvalue weighted by atomic mass is 32.1. The first-order valence-corrected chi connectivity index (χ1v) is 7.18. The Bertz CT molecular complexity index is 358. The molecule has 0 aliphatic carbocycles. The Morgan fingerprint density at radius 2 is 2.05 bits per heavy atom. The van der Waals surface area contributed by atoms with Crippen LogP contribution in [-0.2, 0) is 9.59 Å². The van der Waals surface area contributed by atoms with Gasteiger partial charge in [0.25, 0.3) is 0 Å². The number of carbonyl (C=O) groups excluding carboxylic acids is 2. The molecule has 108 valence electrons. The summed E-state index contributed by atoms with van der Waals surface area (Å²) in [6.45, 7) is 5.79. The second kappa shape index (κ2) is 7.43. The number of carbonyl (C=O) groups is 2. The van der Waals surface area contributed by atoms with Crippen molar-refractivity contribution in [2.24, 2.45) is 17.6 Å². The minimum atomic E-state index is -0.615. The molecular weight excluding hydrogens is 262 g/mol. The Kier molecular flexibility index (Phi) is 6.21. The molecule has 0 saturated carbocycles. The number of nitrogens with zero attached hydrogens (tertiary/aromatic N) is 1. The van der Waals surface area contributed by atoms with Crippen molar-refractivity contribution < 1.29 is 9.59 Å². The second-order valence-electron chi connectivity index (χ2n) is 5.38. The van der Waals surface area contributed by atoms with Crippen molar-refractivity contribution in [1.29, 1.82) is 0 Å². The molecule has 1 atom stereocenters. The molecule has 0 aromatic rings. The van der Waals surface area contributed by atoms with Crippen LogP contribution in [0.2, 0.25) is 0 Å². The van der Waals surface area contributed by atoms with Crippen LogP contribution in [0, 0.1) is 11.8 Å². The number of hydrogen-bond donors (Lipinski definition) is 2. The van der Waals surface area contributed by atoms with Gasteiger partial charge in [-0.05, 0) is 31.1 Å². The van der Waals surface area contributed by atoms with E-state index < -0.39 is 11.8 Å². The number of rotatable bonds is 3.